The predicted octanol–water partition coefficient (Wildman–Crippen LogP) is 0.529. The molecular formula is C14H8Cl2F6S2Zr. The molecule has 0 unspecified atom stereocenters. The molecule has 0 N–H and O–H groups in total. The van der Waals surface area contributed by atoms with Crippen molar-refractivity contribution in [2.75, 3.05) is 0 Å². The SMILES string of the molecule is FC(F)(F)c1cccc([S][Zr+2][S]c2cccc(C(F)(F)F)c2)c1.[Cl-].[Cl-]. The Kier molecular flexibility index (Phi) is 10.6. The van der Waals surface area contributed by atoms with E-state index in [1.54, 1.807) is 12.1 Å². The molecule has 0 amide bonds. The van der Waals surface area contributed by atoms with Crippen LogP contribution >= 0.6 is 17.0 Å². The maximum atomic E-state index is 12.6. The minimum atomic E-state index is -4.39. The van der Waals surface area contributed by atoms with Gasteiger partial charge in [0.1, 0.15) is 0 Å². The van der Waals surface area contributed by atoms with Gasteiger partial charge in [0.05, 0.1) is 0 Å². The zero-order valence-electron chi connectivity index (χ0n) is 12.0. The van der Waals surface area contributed by atoms with Crippen LogP contribution in [0.15, 0.2) is 58.3 Å². The molecule has 2 aromatic carbocycles. The monoisotopic (exact) mass is 514 g/mol. The fourth-order valence-corrected chi connectivity index (χ4v) is 10.2. The van der Waals surface area contributed by atoms with Gasteiger partial charge >= 0.3 is 145 Å². The Labute approximate surface area is 169 Å². The summed E-state index contributed by atoms with van der Waals surface area (Å²) in [6, 6.07) is 9.94. The second kappa shape index (κ2) is 10.5. The van der Waals surface area contributed by atoms with E-state index in [-0.39, 0.29) is 24.8 Å². The van der Waals surface area contributed by atoms with Gasteiger partial charge in [0.15, 0.2) is 0 Å². The van der Waals surface area contributed by atoms with Crippen LogP contribution in [0.3, 0.4) is 0 Å². The maximum Gasteiger partial charge on any atom is -1.00 e. The van der Waals surface area contributed by atoms with E-state index in [1.165, 1.54) is 29.2 Å². The van der Waals surface area contributed by atoms with Gasteiger partial charge in [-0.15, -0.1) is 0 Å². The van der Waals surface area contributed by atoms with Gasteiger partial charge in [-0.2, -0.15) is 0 Å². The molecule has 0 saturated carbocycles. The van der Waals surface area contributed by atoms with Crippen molar-refractivity contribution >= 4 is 17.0 Å². The van der Waals surface area contributed by atoms with E-state index in [9.17, 15) is 26.3 Å². The van der Waals surface area contributed by atoms with Gasteiger partial charge in [0, 0.05) is 0 Å². The Hall–Kier alpha value is 0.183. The Balaban J connectivity index is 0.00000288. The van der Waals surface area contributed by atoms with Gasteiger partial charge in [-0.3, -0.25) is 0 Å². The number of halogens is 8. The van der Waals surface area contributed by atoms with Gasteiger partial charge in [0.2, 0.25) is 0 Å². The molecule has 0 heterocycles. The summed E-state index contributed by atoms with van der Waals surface area (Å²) in [6.07, 6.45) is -8.79. The molecule has 0 aliphatic carbocycles. The van der Waals surface area contributed by atoms with Crippen molar-refractivity contribution in [3.8, 4) is 0 Å². The van der Waals surface area contributed by atoms with Gasteiger partial charge in [-0.25, -0.2) is 0 Å². The van der Waals surface area contributed by atoms with E-state index in [4.69, 9.17) is 0 Å². The van der Waals surface area contributed by atoms with E-state index < -0.39 is 43.8 Å². The molecular weight excluding hydrogens is 508 g/mol. The van der Waals surface area contributed by atoms with Crippen molar-refractivity contribution in [1.29, 1.82) is 0 Å². The first-order chi connectivity index (χ1) is 10.7. The summed E-state index contributed by atoms with van der Waals surface area (Å²) < 4.78 is 75.6. The summed E-state index contributed by atoms with van der Waals surface area (Å²) in [5.74, 6) is 0. The number of rotatable bonds is 4. The van der Waals surface area contributed by atoms with Crippen molar-refractivity contribution in [3.05, 3.63) is 59.7 Å². The zero-order valence-corrected chi connectivity index (χ0v) is 17.6. The van der Waals surface area contributed by atoms with E-state index in [2.05, 4.69) is 0 Å². The zero-order chi connectivity index (χ0) is 17.1. The van der Waals surface area contributed by atoms with Crippen LogP contribution in [0.25, 0.3) is 0 Å². The van der Waals surface area contributed by atoms with E-state index in [0.29, 0.717) is 9.79 Å². The van der Waals surface area contributed by atoms with Gasteiger partial charge in [0.25, 0.3) is 0 Å². The van der Waals surface area contributed by atoms with Crippen molar-refractivity contribution < 1.29 is 71.5 Å². The molecule has 2 aromatic rings. The van der Waals surface area contributed by atoms with Crippen LogP contribution in [0.5, 0.6) is 0 Å². The second-order valence-corrected chi connectivity index (χ2v) is 13.1. The average molecular weight is 516 g/mol. The molecule has 0 aliphatic rings. The minimum absolute atomic E-state index is 0. The molecule has 25 heavy (non-hydrogen) atoms. The maximum absolute atomic E-state index is 12.6. The van der Waals surface area contributed by atoms with Crippen molar-refractivity contribution in [2.45, 2.75) is 22.1 Å². The van der Waals surface area contributed by atoms with Crippen LogP contribution in [0.2, 0.25) is 0 Å². The van der Waals surface area contributed by atoms with Crippen molar-refractivity contribution in [3.63, 3.8) is 0 Å². The molecule has 0 aromatic heterocycles. The molecule has 0 fully saturated rings. The Morgan fingerprint density at radius 2 is 1.00 bits per heavy atom. The third-order valence-corrected chi connectivity index (χ3v) is 11.5. The molecule has 136 valence electrons. The Morgan fingerprint density at radius 3 is 1.32 bits per heavy atom. The Morgan fingerprint density at radius 1 is 0.640 bits per heavy atom. The summed E-state index contributed by atoms with van der Waals surface area (Å²) in [7, 11) is 2.62. The van der Waals surface area contributed by atoms with Gasteiger partial charge in [-0.05, 0) is 0 Å². The topological polar surface area (TPSA) is 0 Å². The summed E-state index contributed by atoms with van der Waals surface area (Å²) in [4.78, 5) is 0.983. The van der Waals surface area contributed by atoms with Crippen LogP contribution in [0.4, 0.5) is 26.3 Å². The molecule has 0 nitrogen and oxygen atoms in total. The van der Waals surface area contributed by atoms with E-state index in [0.717, 1.165) is 24.3 Å². The van der Waals surface area contributed by atoms with Crippen molar-refractivity contribution in [1.82, 2.24) is 0 Å². The smallest absolute Gasteiger partial charge is 1.00 e. The summed E-state index contributed by atoms with van der Waals surface area (Å²) in [6.45, 7) is 0. The van der Waals surface area contributed by atoms with E-state index in [1.807, 2.05) is 0 Å². The van der Waals surface area contributed by atoms with Crippen LogP contribution < -0.4 is 24.8 Å². The third-order valence-electron chi connectivity index (χ3n) is 2.64. The number of alkyl halides is 6. The number of benzene rings is 2. The molecule has 0 bridgehead atoms. The normalized spacial score (nSPS) is 11.1. The van der Waals surface area contributed by atoms with Crippen LogP contribution in [0, 0.1) is 0 Å². The first-order valence-electron chi connectivity index (χ1n) is 6.09. The fourth-order valence-electron chi connectivity index (χ4n) is 1.59. The molecule has 2 rings (SSSR count). The van der Waals surface area contributed by atoms with Gasteiger partial charge < -0.3 is 24.8 Å². The molecule has 0 saturated heterocycles. The van der Waals surface area contributed by atoms with E-state index >= 15 is 0 Å². The van der Waals surface area contributed by atoms with Crippen LogP contribution in [-0.4, -0.2) is 0 Å². The molecule has 0 spiro atoms. The third kappa shape index (κ3) is 8.16. The fraction of sp³-hybridized carbons (Fsp3) is 0.143. The molecule has 0 radical (unpaired) electrons. The largest absolute Gasteiger partial charge is 1.00 e. The molecule has 11 heteroatoms. The quantitative estimate of drug-likeness (QED) is 0.545. The summed E-state index contributed by atoms with van der Waals surface area (Å²) in [5.41, 5.74) is -1.43. The van der Waals surface area contributed by atoms with Crippen molar-refractivity contribution in [2.24, 2.45) is 0 Å². The summed E-state index contributed by atoms with van der Waals surface area (Å²) in [5, 5.41) is 0. The minimum Gasteiger partial charge on any atom is -1.00 e. The average Bonchev–Trinajstić information content (AvgIpc) is 2.46. The molecule has 0 atom stereocenters. The Bertz CT molecular complexity index is 621. The van der Waals surface area contributed by atoms with Crippen LogP contribution in [-0.2, 0) is 32.7 Å². The second-order valence-electron chi connectivity index (χ2n) is 4.34. The van der Waals surface area contributed by atoms with Gasteiger partial charge in [-0.1, -0.05) is 0 Å². The number of hydrogen-bond acceptors (Lipinski definition) is 2. The molecule has 0 aliphatic heterocycles. The predicted molar refractivity (Wildman–Crippen MR) is 74.6 cm³/mol. The summed E-state index contributed by atoms with van der Waals surface area (Å²) >= 11 is -1.30. The first-order valence-corrected chi connectivity index (χ1v) is 13.7. The standard InChI is InChI=1S/2C7H5F3S.2ClH.Zr/c2*8-7(9,10)5-2-1-3-6(11)4-5;;;/h2*1-4,11H;2*1H;/q;;;;+4/p-4. The first kappa shape index (κ1) is 25.2. The number of hydrogen-bond donors (Lipinski definition) is 0. The van der Waals surface area contributed by atoms with Crippen LogP contribution in [0.1, 0.15) is 11.1 Å².